The Hall–Kier alpha value is -4.21. The van der Waals surface area contributed by atoms with E-state index in [-0.39, 0.29) is 24.1 Å². The summed E-state index contributed by atoms with van der Waals surface area (Å²) in [5.41, 5.74) is 11.6. The van der Waals surface area contributed by atoms with Crippen LogP contribution in [0, 0.1) is 5.92 Å². The molecule has 4 heterocycles. The number of piperidine rings is 1. The molecule has 2 aliphatic heterocycles. The first kappa shape index (κ1) is 23.9. The molecule has 10 nitrogen and oxygen atoms in total. The molecule has 3 fully saturated rings. The van der Waals surface area contributed by atoms with Crippen molar-refractivity contribution in [3.63, 3.8) is 0 Å². The lowest BCUT2D eigenvalue weighted by molar-refractivity contribution is -0.136. The Morgan fingerprint density at radius 2 is 1.90 bits per heavy atom. The van der Waals surface area contributed by atoms with Crippen molar-refractivity contribution in [1.29, 1.82) is 0 Å². The highest BCUT2D eigenvalue weighted by Gasteiger charge is 2.39. The van der Waals surface area contributed by atoms with Gasteiger partial charge in [0.15, 0.2) is 0 Å². The first-order valence-electron chi connectivity index (χ1n) is 13.8. The van der Waals surface area contributed by atoms with Gasteiger partial charge in [0.25, 0.3) is 5.91 Å². The molecule has 1 unspecified atom stereocenters. The highest BCUT2D eigenvalue weighted by molar-refractivity contribution is 6.05. The predicted octanol–water partition coefficient (Wildman–Crippen LogP) is 3.23. The third-order valence-corrected chi connectivity index (χ3v) is 8.47. The molecule has 39 heavy (non-hydrogen) atoms. The molecular formula is C29H31N7O3. The number of hydrogen-bond acceptors (Lipinski definition) is 7. The first-order valence-corrected chi connectivity index (χ1v) is 13.8. The van der Waals surface area contributed by atoms with Gasteiger partial charge in [0.05, 0.1) is 17.4 Å². The van der Waals surface area contributed by atoms with E-state index in [1.807, 2.05) is 36.4 Å². The SMILES string of the molecule is Nc1cccc(-c2cn(C3CC(CNc4ccc5c(c4)CN(C4CCC(=O)NC4=O)C5=O)C3)nc2C2CC2)n1. The predicted molar refractivity (Wildman–Crippen MR) is 145 cm³/mol. The van der Waals surface area contributed by atoms with E-state index in [1.54, 1.807) is 4.90 Å². The van der Waals surface area contributed by atoms with E-state index in [1.165, 1.54) is 12.8 Å². The van der Waals surface area contributed by atoms with Crippen molar-refractivity contribution in [2.24, 2.45) is 5.92 Å². The zero-order chi connectivity index (χ0) is 26.7. The number of anilines is 2. The topological polar surface area (TPSA) is 135 Å². The second-order valence-corrected chi connectivity index (χ2v) is 11.3. The van der Waals surface area contributed by atoms with Gasteiger partial charge in [-0.25, -0.2) is 4.98 Å². The smallest absolute Gasteiger partial charge is 0.255 e. The number of nitrogens with two attached hydrogens (primary N) is 1. The molecule has 3 aromatic rings. The molecule has 1 aromatic carbocycles. The van der Waals surface area contributed by atoms with Crippen LogP contribution in [-0.4, -0.2) is 50.0 Å². The summed E-state index contributed by atoms with van der Waals surface area (Å²) >= 11 is 0. The van der Waals surface area contributed by atoms with E-state index in [9.17, 15) is 14.4 Å². The van der Waals surface area contributed by atoms with Crippen LogP contribution in [0.25, 0.3) is 11.3 Å². The molecular weight excluding hydrogens is 494 g/mol. The van der Waals surface area contributed by atoms with E-state index in [0.717, 1.165) is 47.6 Å². The summed E-state index contributed by atoms with van der Waals surface area (Å²) in [6.07, 6.45) is 7.24. The minimum Gasteiger partial charge on any atom is -0.385 e. The van der Waals surface area contributed by atoms with Crippen LogP contribution in [-0.2, 0) is 16.1 Å². The number of imide groups is 1. The number of benzene rings is 1. The fourth-order valence-electron chi connectivity index (χ4n) is 6.08. The summed E-state index contributed by atoms with van der Waals surface area (Å²) in [5.74, 6) is 0.775. The molecule has 2 aliphatic carbocycles. The number of nitrogen functional groups attached to an aromatic ring is 1. The van der Waals surface area contributed by atoms with Gasteiger partial charge in [0.1, 0.15) is 11.9 Å². The van der Waals surface area contributed by atoms with Crippen molar-refractivity contribution in [3.05, 3.63) is 59.4 Å². The average molecular weight is 526 g/mol. The summed E-state index contributed by atoms with van der Waals surface area (Å²) in [6.45, 7) is 1.23. The normalized spacial score (nSPS) is 24.4. The Balaban J connectivity index is 0.969. The van der Waals surface area contributed by atoms with Crippen molar-refractivity contribution >= 4 is 29.2 Å². The second-order valence-electron chi connectivity index (χ2n) is 11.3. The zero-order valence-corrected chi connectivity index (χ0v) is 21.6. The van der Waals surface area contributed by atoms with Gasteiger partial charge in [-0.3, -0.25) is 24.4 Å². The maximum absolute atomic E-state index is 12.9. The van der Waals surface area contributed by atoms with E-state index in [4.69, 9.17) is 10.8 Å². The highest BCUT2D eigenvalue weighted by Crippen LogP contribution is 2.45. The van der Waals surface area contributed by atoms with E-state index in [0.29, 0.717) is 42.2 Å². The van der Waals surface area contributed by atoms with Crippen LogP contribution < -0.4 is 16.4 Å². The van der Waals surface area contributed by atoms with E-state index in [2.05, 4.69) is 26.5 Å². The molecule has 0 radical (unpaired) electrons. The maximum Gasteiger partial charge on any atom is 0.255 e. The number of rotatable bonds is 7. The van der Waals surface area contributed by atoms with Crippen molar-refractivity contribution in [2.75, 3.05) is 17.6 Å². The lowest BCUT2D eigenvalue weighted by Crippen LogP contribution is -2.52. The molecule has 1 atom stereocenters. The zero-order valence-electron chi connectivity index (χ0n) is 21.6. The monoisotopic (exact) mass is 525 g/mol. The van der Waals surface area contributed by atoms with Crippen molar-refractivity contribution in [3.8, 4) is 11.3 Å². The molecule has 4 N–H and O–H groups in total. The van der Waals surface area contributed by atoms with Gasteiger partial charge in [-0.05, 0) is 73.9 Å². The van der Waals surface area contributed by atoms with Gasteiger partial charge >= 0.3 is 0 Å². The number of aromatic nitrogens is 3. The van der Waals surface area contributed by atoms with Crippen LogP contribution in [0.3, 0.4) is 0 Å². The van der Waals surface area contributed by atoms with E-state index < -0.39 is 6.04 Å². The molecule has 3 amide bonds. The van der Waals surface area contributed by atoms with Crippen LogP contribution in [0.1, 0.15) is 72.1 Å². The lowest BCUT2D eigenvalue weighted by Gasteiger charge is -2.35. The maximum atomic E-state index is 12.9. The standard InChI is InChI=1S/C29H31N7O3/c30-25-3-1-2-23(32-25)22-15-36(34-27(22)17-4-5-17)20-10-16(11-20)13-31-19-6-7-21-18(12-19)14-35(29(21)39)24-8-9-26(37)33-28(24)38/h1-3,6-7,12,15-17,20,24,31H,4-5,8-11,13-14H2,(H2,30,32)(H,33,37,38). The van der Waals surface area contributed by atoms with Gasteiger partial charge in [-0.15, -0.1) is 0 Å². The lowest BCUT2D eigenvalue weighted by atomic mass is 9.80. The Kier molecular flexibility index (Phi) is 5.64. The summed E-state index contributed by atoms with van der Waals surface area (Å²) in [6, 6.07) is 11.3. The Morgan fingerprint density at radius 3 is 2.67 bits per heavy atom. The van der Waals surface area contributed by atoms with Crippen LogP contribution in [0.5, 0.6) is 0 Å². The van der Waals surface area contributed by atoms with Crippen LogP contribution in [0.4, 0.5) is 11.5 Å². The minimum atomic E-state index is -0.593. The highest BCUT2D eigenvalue weighted by atomic mass is 16.2. The van der Waals surface area contributed by atoms with E-state index >= 15 is 0 Å². The Bertz CT molecular complexity index is 1490. The number of carbonyl (C=O) groups is 3. The minimum absolute atomic E-state index is 0.148. The molecule has 10 heteroatoms. The number of carbonyl (C=O) groups excluding carboxylic acids is 3. The molecule has 0 bridgehead atoms. The van der Waals surface area contributed by atoms with Crippen molar-refractivity contribution < 1.29 is 14.4 Å². The molecule has 2 saturated carbocycles. The molecule has 0 spiro atoms. The van der Waals surface area contributed by atoms with Crippen molar-refractivity contribution in [2.45, 2.75) is 63.1 Å². The van der Waals surface area contributed by atoms with Gasteiger partial charge in [0.2, 0.25) is 11.8 Å². The number of fused-ring (bicyclic) bond motifs is 1. The molecule has 200 valence electrons. The van der Waals surface area contributed by atoms with Crippen LogP contribution in [0.15, 0.2) is 42.6 Å². The van der Waals surface area contributed by atoms with Gasteiger partial charge < -0.3 is 16.0 Å². The fraction of sp³-hybridized carbons (Fsp3) is 0.414. The average Bonchev–Trinajstić information content (AvgIpc) is 3.57. The summed E-state index contributed by atoms with van der Waals surface area (Å²) in [4.78, 5) is 42.8. The number of nitrogens with one attached hydrogen (secondary N) is 2. The Labute approximate surface area is 226 Å². The number of hydrogen-bond donors (Lipinski definition) is 3. The molecule has 4 aliphatic rings. The number of pyridine rings is 1. The summed E-state index contributed by atoms with van der Waals surface area (Å²) < 4.78 is 2.13. The van der Waals surface area contributed by atoms with Crippen molar-refractivity contribution in [1.82, 2.24) is 25.0 Å². The number of nitrogens with zero attached hydrogens (tertiary/aromatic N) is 4. The Morgan fingerprint density at radius 1 is 1.05 bits per heavy atom. The molecule has 1 saturated heterocycles. The fourth-order valence-corrected chi connectivity index (χ4v) is 6.08. The summed E-state index contributed by atoms with van der Waals surface area (Å²) in [7, 11) is 0. The second kappa shape index (κ2) is 9.21. The van der Waals surface area contributed by atoms with Gasteiger partial charge in [-0.1, -0.05) is 6.07 Å². The third kappa shape index (κ3) is 4.43. The quantitative estimate of drug-likeness (QED) is 0.403. The first-order chi connectivity index (χ1) is 18.9. The van der Waals surface area contributed by atoms with Gasteiger partial charge in [-0.2, -0.15) is 5.10 Å². The van der Waals surface area contributed by atoms with Crippen LogP contribution in [0.2, 0.25) is 0 Å². The largest absolute Gasteiger partial charge is 0.385 e. The summed E-state index contributed by atoms with van der Waals surface area (Å²) in [5, 5.41) is 10.9. The number of amides is 3. The van der Waals surface area contributed by atoms with Crippen LogP contribution >= 0.6 is 0 Å². The molecule has 2 aromatic heterocycles. The third-order valence-electron chi connectivity index (χ3n) is 8.47. The molecule has 7 rings (SSSR count). The van der Waals surface area contributed by atoms with Gasteiger partial charge in [0, 0.05) is 48.4 Å².